The first-order chi connectivity index (χ1) is 18.8. The van der Waals surface area contributed by atoms with Crippen molar-refractivity contribution in [3.63, 3.8) is 0 Å². The van der Waals surface area contributed by atoms with Gasteiger partial charge in [0.15, 0.2) is 5.13 Å². The van der Waals surface area contributed by atoms with Gasteiger partial charge in [0.05, 0.1) is 21.0 Å². The van der Waals surface area contributed by atoms with Gasteiger partial charge < -0.3 is 10.2 Å². The lowest BCUT2D eigenvalue weighted by molar-refractivity contribution is -0.172. The molecule has 1 atom stereocenters. The summed E-state index contributed by atoms with van der Waals surface area (Å²) in [6.45, 7) is 2.79. The molecule has 1 saturated heterocycles. The summed E-state index contributed by atoms with van der Waals surface area (Å²) < 4.78 is 68.3. The number of anilines is 3. The molecule has 212 valence electrons. The zero-order valence-corrected chi connectivity index (χ0v) is 23.3. The molecule has 2 aliphatic rings. The van der Waals surface area contributed by atoms with Crippen molar-refractivity contribution >= 4 is 49.9 Å². The van der Waals surface area contributed by atoms with Gasteiger partial charge in [-0.15, -0.1) is 0 Å². The van der Waals surface area contributed by atoms with E-state index in [1.165, 1.54) is 30.5 Å². The number of nitrogens with zero attached hydrogens (tertiary/aromatic N) is 4. The summed E-state index contributed by atoms with van der Waals surface area (Å²) in [7, 11) is -3.03. The Morgan fingerprint density at radius 2 is 1.90 bits per heavy atom. The first-order valence-corrected chi connectivity index (χ1v) is 14.6. The van der Waals surface area contributed by atoms with E-state index >= 15 is 0 Å². The van der Waals surface area contributed by atoms with Gasteiger partial charge in [-0.1, -0.05) is 17.4 Å². The van der Waals surface area contributed by atoms with Gasteiger partial charge in [0.25, 0.3) is 5.91 Å². The minimum atomic E-state index is -4.68. The van der Waals surface area contributed by atoms with Crippen LogP contribution in [-0.4, -0.2) is 60.9 Å². The number of aryl methyl sites for hydroxylation is 1. The number of halogens is 3. The number of alkyl halides is 3. The third-order valence-electron chi connectivity index (χ3n) is 6.88. The summed E-state index contributed by atoms with van der Waals surface area (Å²) in [6, 6.07) is 5.94. The number of nitrogens with one attached hydrogen (secondary N) is 2. The first kappa shape index (κ1) is 28.0. The van der Waals surface area contributed by atoms with E-state index < -0.39 is 33.0 Å². The maximum absolute atomic E-state index is 13.4. The van der Waals surface area contributed by atoms with Gasteiger partial charge in [-0.2, -0.15) is 13.2 Å². The molecule has 3 aromatic rings. The lowest BCUT2D eigenvalue weighted by Gasteiger charge is -2.26. The Hall–Kier alpha value is -3.56. The molecule has 0 spiro atoms. The zero-order valence-electron chi connectivity index (χ0n) is 21.7. The number of hydrogen-bond acceptors (Lipinski definition) is 8. The number of hydrogen-bond donors (Lipinski definition) is 2. The summed E-state index contributed by atoms with van der Waals surface area (Å²) in [4.78, 5) is 36.6. The van der Waals surface area contributed by atoms with Crippen LogP contribution in [0.1, 0.15) is 41.4 Å². The maximum atomic E-state index is 13.4. The number of benzene rings is 1. The van der Waals surface area contributed by atoms with Crippen molar-refractivity contribution in [2.45, 2.75) is 50.3 Å². The molecular weight excluding hydrogens is 569 g/mol. The summed E-state index contributed by atoms with van der Waals surface area (Å²) in [5.41, 5.74) is 0.844. The van der Waals surface area contributed by atoms with Gasteiger partial charge in [0, 0.05) is 19.5 Å². The fourth-order valence-electron chi connectivity index (χ4n) is 4.74. The van der Waals surface area contributed by atoms with Crippen LogP contribution < -0.4 is 14.9 Å². The second-order valence-corrected chi connectivity index (χ2v) is 12.3. The third-order valence-corrected chi connectivity index (χ3v) is 9.44. The molecular formula is C25H25F3N6O4S2. The first-order valence-electron chi connectivity index (χ1n) is 12.3. The summed E-state index contributed by atoms with van der Waals surface area (Å²) in [5, 5.41) is 3.54. The molecule has 40 heavy (non-hydrogen) atoms. The maximum Gasteiger partial charge on any atom is 0.408 e. The Kier molecular flexibility index (Phi) is 7.08. The average Bonchev–Trinajstić information content (AvgIpc) is 3.59. The predicted octanol–water partition coefficient (Wildman–Crippen LogP) is 4.20. The van der Waals surface area contributed by atoms with E-state index in [-0.39, 0.29) is 23.6 Å². The fraction of sp³-hybridized carbons (Fsp3) is 0.360. The van der Waals surface area contributed by atoms with Crippen molar-refractivity contribution in [1.82, 2.24) is 19.6 Å². The number of thiazole rings is 1. The molecule has 15 heteroatoms. The minimum absolute atomic E-state index is 0.00244. The van der Waals surface area contributed by atoms with E-state index in [9.17, 15) is 31.2 Å². The van der Waals surface area contributed by atoms with E-state index in [1.54, 1.807) is 30.0 Å². The monoisotopic (exact) mass is 594 g/mol. The molecule has 1 aromatic carbocycles. The fourth-order valence-corrected chi connectivity index (χ4v) is 6.69. The van der Waals surface area contributed by atoms with Gasteiger partial charge >= 0.3 is 6.18 Å². The number of aromatic nitrogens is 2. The van der Waals surface area contributed by atoms with Gasteiger partial charge in [0.2, 0.25) is 15.9 Å². The Morgan fingerprint density at radius 1 is 1.15 bits per heavy atom. The van der Waals surface area contributed by atoms with Crippen molar-refractivity contribution in [2.24, 2.45) is 0 Å². The zero-order chi connectivity index (χ0) is 29.0. The number of fused-ring (bicyclic) bond motifs is 1. The molecule has 0 saturated carbocycles. The number of amides is 2. The molecule has 1 fully saturated rings. The van der Waals surface area contributed by atoms with E-state index in [2.05, 4.69) is 20.0 Å². The smallest absolute Gasteiger partial charge is 0.322 e. The quantitative estimate of drug-likeness (QED) is 0.420. The minimum Gasteiger partial charge on any atom is -0.322 e. The number of carbonyl (C=O) groups excluding carboxylic acids is 2. The predicted molar refractivity (Wildman–Crippen MR) is 143 cm³/mol. The molecule has 10 nitrogen and oxygen atoms in total. The lowest BCUT2D eigenvalue weighted by atomic mass is 10.0. The van der Waals surface area contributed by atoms with Crippen LogP contribution >= 0.6 is 11.3 Å². The van der Waals surface area contributed by atoms with Crippen LogP contribution in [0.5, 0.6) is 0 Å². The molecule has 2 N–H and O–H groups in total. The van der Waals surface area contributed by atoms with Crippen LogP contribution in [-0.2, 0) is 21.4 Å². The topological polar surface area (TPSA) is 125 Å². The highest BCUT2D eigenvalue weighted by atomic mass is 32.2. The van der Waals surface area contributed by atoms with Crippen molar-refractivity contribution in [3.8, 4) is 10.4 Å². The van der Waals surface area contributed by atoms with Crippen LogP contribution in [0.25, 0.3) is 10.4 Å². The van der Waals surface area contributed by atoms with Crippen molar-refractivity contribution in [2.75, 3.05) is 23.8 Å². The lowest BCUT2D eigenvalue weighted by Crippen LogP contribution is -2.43. The Bertz CT molecular complexity index is 1620. The van der Waals surface area contributed by atoms with E-state index in [0.29, 0.717) is 50.8 Å². The van der Waals surface area contributed by atoms with E-state index in [4.69, 9.17) is 0 Å². The molecule has 2 aliphatic heterocycles. The van der Waals surface area contributed by atoms with Crippen LogP contribution in [0.15, 0.2) is 35.2 Å². The Labute approximate surface area is 232 Å². The van der Waals surface area contributed by atoms with E-state index in [0.717, 1.165) is 13.3 Å². The highest BCUT2D eigenvalue weighted by molar-refractivity contribution is 7.89. The highest BCUT2D eigenvalue weighted by Gasteiger charge is 2.46. The number of sulfonamides is 1. The number of carbonyl (C=O) groups is 2. The van der Waals surface area contributed by atoms with E-state index in [1.807, 2.05) is 0 Å². The molecule has 0 radical (unpaired) electrons. The van der Waals surface area contributed by atoms with Crippen LogP contribution in [0.4, 0.5) is 29.9 Å². The Balaban J connectivity index is 1.51. The number of rotatable bonds is 7. The summed E-state index contributed by atoms with van der Waals surface area (Å²) in [6.07, 6.45) is -3.44. The van der Waals surface area contributed by atoms with Gasteiger partial charge in [-0.25, -0.2) is 23.1 Å². The molecule has 4 heterocycles. The molecule has 2 aromatic heterocycles. The van der Waals surface area contributed by atoms with Crippen molar-refractivity contribution in [3.05, 3.63) is 47.2 Å². The van der Waals surface area contributed by atoms with Gasteiger partial charge in [0.1, 0.15) is 17.7 Å². The second-order valence-electron chi connectivity index (χ2n) is 9.46. The van der Waals surface area contributed by atoms with Crippen LogP contribution in [0, 0.1) is 6.92 Å². The molecule has 2 amide bonds. The standard InChI is InChI=1S/C25H25F3N6O4S2/c1-13-22(39-24(30-13)32-18-6-4-7-19(31-18)33-9-5-8-20(33)35)15-10-16-12-34(14(2)25(26,27)28)23(36)21(16)17(11-15)40(37,38)29-3/h4,6-7,10-11,14,29H,5,8-9,12H2,1-3H3,(H,30,31,32)/t14-/m0/s1. The summed E-state index contributed by atoms with van der Waals surface area (Å²) in [5.74, 6) is -0.0233. The molecule has 0 aliphatic carbocycles. The van der Waals surface area contributed by atoms with Crippen LogP contribution in [0.2, 0.25) is 0 Å². The van der Waals surface area contributed by atoms with Crippen molar-refractivity contribution in [1.29, 1.82) is 0 Å². The van der Waals surface area contributed by atoms with Crippen molar-refractivity contribution < 1.29 is 31.2 Å². The SMILES string of the molecule is CNS(=O)(=O)c1cc(-c2sc(Nc3cccc(N4CCCC4=O)n3)nc2C)cc2c1C(=O)N([C@@H](C)C(F)(F)F)C2. The van der Waals surface area contributed by atoms with Crippen LogP contribution in [0.3, 0.4) is 0 Å². The second kappa shape index (κ2) is 10.1. The summed E-state index contributed by atoms with van der Waals surface area (Å²) >= 11 is 1.19. The molecule has 5 rings (SSSR count). The average molecular weight is 595 g/mol. The number of pyridine rings is 1. The van der Waals surface area contributed by atoms with Gasteiger partial charge in [-0.3, -0.25) is 14.5 Å². The largest absolute Gasteiger partial charge is 0.408 e. The van der Waals surface area contributed by atoms with Gasteiger partial charge in [-0.05, 0) is 62.7 Å². The Morgan fingerprint density at radius 3 is 2.55 bits per heavy atom. The normalized spacial score (nSPS) is 16.6. The highest BCUT2D eigenvalue weighted by Crippen LogP contribution is 2.41. The molecule has 0 unspecified atom stereocenters. The third kappa shape index (κ3) is 5.04. The molecule has 0 bridgehead atoms.